The standard InChI is InChI=1S/C34H32Si/c1-23-21-31-27(25-13-7-5-8-14-25)17-11-19-29(31)33(23)35(3,4)34-24(2)22-32-28(18-12-20-30(32)34)26-15-9-6-10-16-26/h5-22,31-32H,1-4H3. The van der Waals surface area contributed by atoms with Crippen molar-refractivity contribution in [2.75, 3.05) is 0 Å². The molecule has 6 rings (SSSR count). The first-order valence-corrected chi connectivity index (χ1v) is 15.7. The molecule has 0 spiro atoms. The van der Waals surface area contributed by atoms with E-state index in [9.17, 15) is 0 Å². The van der Waals surface area contributed by atoms with E-state index in [0.717, 1.165) is 0 Å². The van der Waals surface area contributed by atoms with E-state index in [2.05, 4.69) is 136 Å². The molecule has 2 atom stereocenters. The third-order valence-corrected chi connectivity index (χ3v) is 12.0. The summed E-state index contributed by atoms with van der Waals surface area (Å²) in [4.78, 5) is 0. The molecule has 2 aromatic rings. The summed E-state index contributed by atoms with van der Waals surface area (Å²) < 4.78 is 0. The summed E-state index contributed by atoms with van der Waals surface area (Å²) >= 11 is 0. The minimum Gasteiger partial charge on any atom is -0.0698 e. The molecule has 0 fully saturated rings. The first-order chi connectivity index (χ1) is 17.0. The highest BCUT2D eigenvalue weighted by atomic mass is 28.3. The van der Waals surface area contributed by atoms with Crippen molar-refractivity contribution in [1.82, 2.24) is 0 Å². The van der Waals surface area contributed by atoms with Gasteiger partial charge in [0.05, 0.1) is 0 Å². The molecule has 0 aliphatic heterocycles. The van der Waals surface area contributed by atoms with Crippen LogP contribution >= 0.6 is 0 Å². The lowest BCUT2D eigenvalue weighted by molar-refractivity contribution is 1.03. The second-order valence-electron chi connectivity index (χ2n) is 10.6. The average molecular weight is 469 g/mol. The van der Waals surface area contributed by atoms with E-state index < -0.39 is 8.07 Å². The van der Waals surface area contributed by atoms with Gasteiger partial charge in [0.25, 0.3) is 0 Å². The maximum Gasteiger partial charge on any atom is 0.113 e. The lowest BCUT2D eigenvalue weighted by Crippen LogP contribution is -2.35. The lowest BCUT2D eigenvalue weighted by Gasteiger charge is -2.32. The van der Waals surface area contributed by atoms with Gasteiger partial charge in [0.2, 0.25) is 0 Å². The number of rotatable bonds is 4. The Bertz CT molecular complexity index is 1340. The van der Waals surface area contributed by atoms with Crippen molar-refractivity contribution in [3.63, 3.8) is 0 Å². The summed E-state index contributed by atoms with van der Waals surface area (Å²) in [6.07, 6.45) is 19.0. The highest BCUT2D eigenvalue weighted by molar-refractivity contribution is 6.92. The predicted octanol–water partition coefficient (Wildman–Crippen LogP) is 8.83. The number of hydrogen-bond acceptors (Lipinski definition) is 0. The van der Waals surface area contributed by atoms with Gasteiger partial charge in [-0.05, 0) is 57.7 Å². The Morgan fingerprint density at radius 3 is 1.37 bits per heavy atom. The summed E-state index contributed by atoms with van der Waals surface area (Å²) in [6, 6.07) is 21.8. The monoisotopic (exact) mass is 468 g/mol. The van der Waals surface area contributed by atoms with Gasteiger partial charge in [-0.3, -0.25) is 0 Å². The van der Waals surface area contributed by atoms with Crippen molar-refractivity contribution >= 4 is 19.2 Å². The zero-order valence-electron chi connectivity index (χ0n) is 21.0. The van der Waals surface area contributed by atoms with E-state index >= 15 is 0 Å². The molecular weight excluding hydrogens is 436 g/mol. The molecule has 0 saturated carbocycles. The fourth-order valence-corrected chi connectivity index (χ4v) is 11.2. The SMILES string of the molecule is CC1=CC2C(c3ccccc3)=CC=CC2=C1[Si](C)(C)C1=C2C=CC=C(c3ccccc3)C2C=C1C. The Hall–Kier alpha value is -3.42. The van der Waals surface area contributed by atoms with Crippen LogP contribution in [0.3, 0.4) is 0 Å². The van der Waals surface area contributed by atoms with Gasteiger partial charge in [0.1, 0.15) is 8.07 Å². The summed E-state index contributed by atoms with van der Waals surface area (Å²) in [6.45, 7) is 9.82. The number of benzene rings is 2. The van der Waals surface area contributed by atoms with Gasteiger partial charge >= 0.3 is 0 Å². The van der Waals surface area contributed by atoms with E-state index in [1.54, 1.807) is 10.4 Å². The van der Waals surface area contributed by atoms with Crippen LogP contribution in [0.25, 0.3) is 11.1 Å². The molecule has 4 aliphatic rings. The largest absolute Gasteiger partial charge is 0.113 e. The van der Waals surface area contributed by atoms with Crippen molar-refractivity contribution in [3.05, 3.63) is 153 Å². The molecule has 0 amide bonds. The Morgan fingerprint density at radius 1 is 0.571 bits per heavy atom. The van der Waals surface area contributed by atoms with Crippen molar-refractivity contribution in [1.29, 1.82) is 0 Å². The fourth-order valence-electron chi connectivity index (χ4n) is 6.86. The van der Waals surface area contributed by atoms with E-state index in [1.165, 1.54) is 44.6 Å². The molecule has 2 unspecified atom stereocenters. The number of fused-ring (bicyclic) bond motifs is 2. The zero-order valence-corrected chi connectivity index (χ0v) is 22.0. The Kier molecular flexibility index (Phi) is 5.27. The second-order valence-corrected chi connectivity index (χ2v) is 14.9. The van der Waals surface area contributed by atoms with Crippen LogP contribution in [0.4, 0.5) is 0 Å². The quantitative estimate of drug-likeness (QED) is 0.393. The summed E-state index contributed by atoms with van der Waals surface area (Å²) in [5.41, 5.74) is 11.5. The van der Waals surface area contributed by atoms with Crippen LogP contribution in [0.5, 0.6) is 0 Å². The van der Waals surface area contributed by atoms with Gasteiger partial charge in [-0.2, -0.15) is 0 Å². The lowest BCUT2D eigenvalue weighted by atomic mass is 9.85. The van der Waals surface area contributed by atoms with Gasteiger partial charge in [0.15, 0.2) is 0 Å². The molecule has 0 saturated heterocycles. The second kappa shape index (κ2) is 8.36. The predicted molar refractivity (Wildman–Crippen MR) is 153 cm³/mol. The minimum absolute atomic E-state index is 0.359. The highest BCUT2D eigenvalue weighted by Crippen LogP contribution is 2.51. The highest BCUT2D eigenvalue weighted by Gasteiger charge is 2.43. The van der Waals surface area contributed by atoms with E-state index in [1.807, 2.05) is 0 Å². The maximum atomic E-state index is 2.57. The molecule has 172 valence electrons. The molecular formula is C34H32Si. The molecule has 0 aromatic heterocycles. The molecule has 0 nitrogen and oxygen atoms in total. The van der Waals surface area contributed by atoms with E-state index in [4.69, 9.17) is 0 Å². The molecule has 35 heavy (non-hydrogen) atoms. The summed E-state index contributed by atoms with van der Waals surface area (Å²) in [5.74, 6) is 0.718. The Balaban J connectivity index is 1.45. The third kappa shape index (κ3) is 3.49. The van der Waals surface area contributed by atoms with Crippen LogP contribution in [0.15, 0.2) is 142 Å². The summed E-state index contributed by atoms with van der Waals surface area (Å²) in [5, 5.41) is 3.25. The Labute approximate surface area is 210 Å². The zero-order chi connectivity index (χ0) is 24.2. The van der Waals surface area contributed by atoms with Crippen LogP contribution in [0, 0.1) is 11.8 Å². The van der Waals surface area contributed by atoms with E-state index in [-0.39, 0.29) is 0 Å². The van der Waals surface area contributed by atoms with Crippen molar-refractivity contribution < 1.29 is 0 Å². The van der Waals surface area contributed by atoms with Crippen LogP contribution in [0.2, 0.25) is 13.1 Å². The fraction of sp³-hybridized carbons (Fsp3) is 0.176. The van der Waals surface area contributed by atoms with Crippen molar-refractivity contribution in [2.45, 2.75) is 26.9 Å². The van der Waals surface area contributed by atoms with Gasteiger partial charge in [-0.25, -0.2) is 0 Å². The van der Waals surface area contributed by atoms with Crippen molar-refractivity contribution in [3.8, 4) is 0 Å². The topological polar surface area (TPSA) is 0 Å². The first-order valence-electron chi connectivity index (χ1n) is 12.7. The van der Waals surface area contributed by atoms with Gasteiger partial charge in [-0.15, -0.1) is 0 Å². The van der Waals surface area contributed by atoms with Crippen LogP contribution in [-0.4, -0.2) is 8.07 Å². The first kappa shape index (κ1) is 22.1. The van der Waals surface area contributed by atoms with E-state index in [0.29, 0.717) is 11.8 Å². The van der Waals surface area contributed by atoms with Crippen molar-refractivity contribution in [2.24, 2.45) is 11.8 Å². The smallest absolute Gasteiger partial charge is 0.0698 e. The molecule has 0 bridgehead atoms. The minimum atomic E-state index is -1.98. The molecule has 0 heterocycles. The number of allylic oxidation sites excluding steroid dienone is 16. The molecule has 4 aliphatic carbocycles. The molecule has 1 heteroatoms. The summed E-state index contributed by atoms with van der Waals surface area (Å²) in [7, 11) is -1.98. The van der Waals surface area contributed by atoms with Gasteiger partial charge in [-0.1, -0.05) is 134 Å². The Morgan fingerprint density at radius 2 is 0.971 bits per heavy atom. The van der Waals surface area contributed by atoms with Crippen LogP contribution < -0.4 is 0 Å². The molecule has 2 aromatic carbocycles. The number of hydrogen-bond donors (Lipinski definition) is 0. The molecule has 0 N–H and O–H groups in total. The van der Waals surface area contributed by atoms with Gasteiger partial charge in [0, 0.05) is 11.8 Å². The third-order valence-electron chi connectivity index (χ3n) is 8.11. The van der Waals surface area contributed by atoms with Gasteiger partial charge < -0.3 is 0 Å². The normalized spacial score (nSPS) is 23.1. The molecule has 0 radical (unpaired) electrons. The van der Waals surface area contributed by atoms with Crippen LogP contribution in [-0.2, 0) is 0 Å². The maximum absolute atomic E-state index is 2.57. The average Bonchev–Trinajstić information content (AvgIpc) is 3.41. The van der Waals surface area contributed by atoms with Crippen LogP contribution in [0.1, 0.15) is 25.0 Å².